The molecule has 0 aromatic rings. The number of nitrogens with one attached hydrogen (secondary N) is 1. The SMILES string of the molecule is C=C(C)C(=O)NCCCN(C1CCCCC1)C1CCCCC1. The average molecular weight is 306 g/mol. The summed E-state index contributed by atoms with van der Waals surface area (Å²) in [5.74, 6) is 0.00174. The summed E-state index contributed by atoms with van der Waals surface area (Å²) < 4.78 is 0. The summed E-state index contributed by atoms with van der Waals surface area (Å²) in [6.07, 6.45) is 15.0. The van der Waals surface area contributed by atoms with Crippen LogP contribution in [0.3, 0.4) is 0 Å². The number of nitrogens with zero attached hydrogens (tertiary/aromatic N) is 1. The quantitative estimate of drug-likeness (QED) is 0.569. The molecule has 0 aliphatic heterocycles. The van der Waals surface area contributed by atoms with Crippen LogP contribution in [0.2, 0.25) is 0 Å². The minimum atomic E-state index is 0.00174. The molecular weight excluding hydrogens is 272 g/mol. The van der Waals surface area contributed by atoms with Crippen LogP contribution in [0.5, 0.6) is 0 Å². The lowest BCUT2D eigenvalue weighted by Gasteiger charge is -2.41. The van der Waals surface area contributed by atoms with Crippen LogP contribution < -0.4 is 5.32 Å². The van der Waals surface area contributed by atoms with E-state index in [1.54, 1.807) is 6.92 Å². The van der Waals surface area contributed by atoms with Crippen molar-refractivity contribution in [2.45, 2.75) is 89.6 Å². The van der Waals surface area contributed by atoms with Crippen LogP contribution >= 0.6 is 0 Å². The van der Waals surface area contributed by atoms with Gasteiger partial charge in [0.15, 0.2) is 0 Å². The Labute approximate surface area is 136 Å². The number of hydrogen-bond acceptors (Lipinski definition) is 2. The van der Waals surface area contributed by atoms with Crippen LogP contribution in [0.25, 0.3) is 0 Å². The third-order valence-corrected chi connectivity index (χ3v) is 5.35. The molecule has 0 atom stereocenters. The minimum Gasteiger partial charge on any atom is -0.352 e. The van der Waals surface area contributed by atoms with Crippen molar-refractivity contribution in [3.63, 3.8) is 0 Å². The summed E-state index contributed by atoms with van der Waals surface area (Å²) in [6.45, 7) is 7.39. The maximum Gasteiger partial charge on any atom is 0.246 e. The van der Waals surface area contributed by atoms with Gasteiger partial charge in [-0.05, 0) is 39.0 Å². The van der Waals surface area contributed by atoms with Crippen molar-refractivity contribution < 1.29 is 4.79 Å². The van der Waals surface area contributed by atoms with Crippen molar-refractivity contribution in [3.8, 4) is 0 Å². The first-order chi connectivity index (χ1) is 10.7. The molecule has 0 aromatic heterocycles. The number of rotatable bonds is 7. The molecule has 0 spiro atoms. The Kier molecular flexibility index (Phi) is 7.44. The Morgan fingerprint density at radius 2 is 1.50 bits per heavy atom. The molecule has 1 N–H and O–H groups in total. The van der Waals surface area contributed by atoms with Gasteiger partial charge in [-0.15, -0.1) is 0 Å². The molecule has 126 valence electrons. The van der Waals surface area contributed by atoms with E-state index in [1.165, 1.54) is 64.2 Å². The molecule has 3 nitrogen and oxygen atoms in total. The first-order valence-electron chi connectivity index (χ1n) is 9.38. The van der Waals surface area contributed by atoms with Gasteiger partial charge in [0.25, 0.3) is 0 Å². The van der Waals surface area contributed by atoms with E-state index in [9.17, 15) is 4.79 Å². The molecule has 2 fully saturated rings. The van der Waals surface area contributed by atoms with Crippen LogP contribution in [0.1, 0.15) is 77.6 Å². The second-order valence-electron chi connectivity index (χ2n) is 7.21. The van der Waals surface area contributed by atoms with Crippen molar-refractivity contribution in [1.29, 1.82) is 0 Å². The predicted molar refractivity (Wildman–Crippen MR) is 92.9 cm³/mol. The Morgan fingerprint density at radius 1 is 1.00 bits per heavy atom. The van der Waals surface area contributed by atoms with E-state index in [2.05, 4.69) is 16.8 Å². The third-order valence-electron chi connectivity index (χ3n) is 5.35. The first kappa shape index (κ1) is 17.5. The fourth-order valence-electron chi connectivity index (χ4n) is 4.10. The van der Waals surface area contributed by atoms with E-state index < -0.39 is 0 Å². The van der Waals surface area contributed by atoms with Crippen LogP contribution in [0, 0.1) is 0 Å². The van der Waals surface area contributed by atoms with E-state index in [1.807, 2.05) is 0 Å². The topological polar surface area (TPSA) is 32.3 Å². The van der Waals surface area contributed by atoms with E-state index in [0.29, 0.717) is 5.57 Å². The molecule has 0 bridgehead atoms. The highest BCUT2D eigenvalue weighted by Gasteiger charge is 2.28. The van der Waals surface area contributed by atoms with Gasteiger partial charge in [-0.2, -0.15) is 0 Å². The number of carbonyl (C=O) groups excluding carboxylic acids is 1. The summed E-state index contributed by atoms with van der Waals surface area (Å²) in [6, 6.07) is 1.60. The molecule has 22 heavy (non-hydrogen) atoms. The summed E-state index contributed by atoms with van der Waals surface area (Å²) in [4.78, 5) is 14.4. The lowest BCUT2D eigenvalue weighted by Crippen LogP contribution is -2.46. The molecule has 0 aromatic carbocycles. The lowest BCUT2D eigenvalue weighted by molar-refractivity contribution is -0.117. The predicted octanol–water partition coefficient (Wildman–Crippen LogP) is 4.04. The van der Waals surface area contributed by atoms with Crippen molar-refractivity contribution in [2.75, 3.05) is 13.1 Å². The summed E-state index contributed by atoms with van der Waals surface area (Å²) in [7, 11) is 0. The highest BCUT2D eigenvalue weighted by Crippen LogP contribution is 2.30. The lowest BCUT2D eigenvalue weighted by atomic mass is 9.88. The molecule has 0 unspecified atom stereocenters. The van der Waals surface area contributed by atoms with Crippen LogP contribution in [0.4, 0.5) is 0 Å². The van der Waals surface area contributed by atoms with Gasteiger partial charge < -0.3 is 5.32 Å². The summed E-state index contributed by atoms with van der Waals surface area (Å²) in [5.41, 5.74) is 0.608. The summed E-state index contributed by atoms with van der Waals surface area (Å²) >= 11 is 0. The van der Waals surface area contributed by atoms with Crippen molar-refractivity contribution >= 4 is 5.91 Å². The van der Waals surface area contributed by atoms with Crippen LogP contribution in [0.15, 0.2) is 12.2 Å². The standard InChI is InChI=1S/C19H34N2O/c1-16(2)19(22)20-14-9-15-21(17-10-5-3-6-11-17)18-12-7-4-8-13-18/h17-18H,1,3-15H2,2H3,(H,20,22). The Morgan fingerprint density at radius 3 is 1.95 bits per heavy atom. The molecule has 1 amide bonds. The highest BCUT2D eigenvalue weighted by atomic mass is 16.1. The third kappa shape index (κ3) is 5.42. The van der Waals surface area contributed by atoms with Gasteiger partial charge in [-0.25, -0.2) is 0 Å². The summed E-state index contributed by atoms with van der Waals surface area (Å²) in [5, 5.41) is 2.98. The van der Waals surface area contributed by atoms with Gasteiger partial charge >= 0.3 is 0 Å². The second kappa shape index (κ2) is 9.34. The zero-order chi connectivity index (χ0) is 15.8. The molecule has 2 saturated carbocycles. The normalized spacial score (nSPS) is 21.0. The maximum atomic E-state index is 11.6. The van der Waals surface area contributed by atoms with Crippen molar-refractivity contribution in [2.24, 2.45) is 0 Å². The van der Waals surface area contributed by atoms with Crippen molar-refractivity contribution in [1.82, 2.24) is 10.2 Å². The zero-order valence-corrected chi connectivity index (χ0v) is 14.4. The van der Waals surface area contributed by atoms with Gasteiger partial charge in [0, 0.05) is 30.7 Å². The molecule has 0 radical (unpaired) electrons. The maximum absolute atomic E-state index is 11.6. The number of carbonyl (C=O) groups is 1. The van der Waals surface area contributed by atoms with E-state index in [4.69, 9.17) is 0 Å². The average Bonchev–Trinajstić information content (AvgIpc) is 2.56. The van der Waals surface area contributed by atoms with Crippen LogP contribution in [-0.4, -0.2) is 36.0 Å². The Bertz CT molecular complexity index is 336. The first-order valence-corrected chi connectivity index (χ1v) is 9.38. The Hall–Kier alpha value is -0.830. The fraction of sp³-hybridized carbons (Fsp3) is 0.842. The van der Waals surface area contributed by atoms with Gasteiger partial charge in [0.05, 0.1) is 0 Å². The van der Waals surface area contributed by atoms with E-state index in [-0.39, 0.29) is 5.91 Å². The molecule has 2 rings (SSSR count). The van der Waals surface area contributed by atoms with Crippen LogP contribution in [-0.2, 0) is 4.79 Å². The van der Waals surface area contributed by atoms with Gasteiger partial charge in [-0.1, -0.05) is 45.1 Å². The smallest absolute Gasteiger partial charge is 0.246 e. The van der Waals surface area contributed by atoms with Gasteiger partial charge in [-0.3, -0.25) is 9.69 Å². The van der Waals surface area contributed by atoms with E-state index in [0.717, 1.165) is 31.6 Å². The molecule has 2 aliphatic rings. The molecule has 3 heteroatoms. The number of hydrogen-bond donors (Lipinski definition) is 1. The molecule has 0 saturated heterocycles. The van der Waals surface area contributed by atoms with E-state index >= 15 is 0 Å². The van der Waals surface area contributed by atoms with Gasteiger partial charge in [0.2, 0.25) is 5.91 Å². The minimum absolute atomic E-state index is 0.00174. The molecule has 0 heterocycles. The molecular formula is C19H34N2O. The largest absolute Gasteiger partial charge is 0.352 e. The second-order valence-corrected chi connectivity index (χ2v) is 7.21. The van der Waals surface area contributed by atoms with Gasteiger partial charge in [0.1, 0.15) is 0 Å². The Balaban J connectivity index is 1.81. The fourth-order valence-corrected chi connectivity index (χ4v) is 4.10. The monoisotopic (exact) mass is 306 g/mol. The van der Waals surface area contributed by atoms with Crippen molar-refractivity contribution in [3.05, 3.63) is 12.2 Å². The number of amides is 1. The zero-order valence-electron chi connectivity index (χ0n) is 14.4. The highest BCUT2D eigenvalue weighted by molar-refractivity contribution is 5.91. The molecule has 2 aliphatic carbocycles.